The summed E-state index contributed by atoms with van der Waals surface area (Å²) < 4.78 is 5.17. The lowest BCUT2D eigenvalue weighted by atomic mass is 10.2. The van der Waals surface area contributed by atoms with Gasteiger partial charge in [0.1, 0.15) is 17.0 Å². The van der Waals surface area contributed by atoms with Crippen LogP contribution in [0.4, 0.5) is 5.82 Å². The fourth-order valence-corrected chi connectivity index (χ4v) is 3.60. The molecule has 4 rings (SSSR count). The van der Waals surface area contributed by atoms with Gasteiger partial charge in [0, 0.05) is 23.7 Å². The summed E-state index contributed by atoms with van der Waals surface area (Å²) >= 11 is 1.67. The normalized spacial score (nSPS) is 10.8. The Hall–Kier alpha value is -2.99. The Morgan fingerprint density at radius 3 is 2.76 bits per heavy atom. The molecule has 25 heavy (non-hydrogen) atoms. The molecule has 3 aromatic heterocycles. The standard InChI is InChI=1S/C19H16N4OS/c1-24-17-9-13(7-8-20-17)11-21-18-15-10-16(14-5-3-2-4-6-14)25-19(15)23-12-22-18/h2-10,12H,11H2,1H3,(H,21,22,23). The Morgan fingerprint density at radius 2 is 1.92 bits per heavy atom. The Balaban J connectivity index is 1.62. The monoisotopic (exact) mass is 348 g/mol. The molecule has 124 valence electrons. The maximum Gasteiger partial charge on any atom is 0.213 e. The van der Waals surface area contributed by atoms with Crippen LogP contribution >= 0.6 is 11.3 Å². The zero-order chi connectivity index (χ0) is 17.1. The second-order valence-corrected chi connectivity index (χ2v) is 6.51. The van der Waals surface area contributed by atoms with Gasteiger partial charge in [0.15, 0.2) is 0 Å². The van der Waals surface area contributed by atoms with Gasteiger partial charge in [-0.3, -0.25) is 0 Å². The number of nitrogens with zero attached hydrogens (tertiary/aromatic N) is 3. The highest BCUT2D eigenvalue weighted by molar-refractivity contribution is 7.21. The van der Waals surface area contributed by atoms with Gasteiger partial charge >= 0.3 is 0 Å². The topological polar surface area (TPSA) is 59.9 Å². The molecule has 0 saturated heterocycles. The van der Waals surface area contributed by atoms with E-state index in [2.05, 4.69) is 38.5 Å². The average Bonchev–Trinajstić information content (AvgIpc) is 3.12. The zero-order valence-corrected chi connectivity index (χ0v) is 14.5. The quantitative estimate of drug-likeness (QED) is 0.580. The van der Waals surface area contributed by atoms with Gasteiger partial charge in [-0.25, -0.2) is 15.0 Å². The first-order valence-electron chi connectivity index (χ1n) is 7.86. The summed E-state index contributed by atoms with van der Waals surface area (Å²) in [5.74, 6) is 1.44. The van der Waals surface area contributed by atoms with Crippen molar-refractivity contribution in [2.75, 3.05) is 12.4 Å². The molecule has 0 fully saturated rings. The average molecular weight is 348 g/mol. The summed E-state index contributed by atoms with van der Waals surface area (Å²) in [5, 5.41) is 4.43. The van der Waals surface area contributed by atoms with Gasteiger partial charge in [0.25, 0.3) is 0 Å². The van der Waals surface area contributed by atoms with Gasteiger partial charge in [-0.05, 0) is 23.3 Å². The van der Waals surface area contributed by atoms with Crippen molar-refractivity contribution in [2.45, 2.75) is 6.54 Å². The maximum atomic E-state index is 5.17. The summed E-state index contributed by atoms with van der Waals surface area (Å²) in [7, 11) is 1.62. The van der Waals surface area contributed by atoms with E-state index in [1.807, 2.05) is 30.3 Å². The second kappa shape index (κ2) is 6.86. The SMILES string of the molecule is COc1cc(CNc2ncnc3sc(-c4ccccc4)cc23)ccn1. The van der Waals surface area contributed by atoms with Crippen LogP contribution in [-0.4, -0.2) is 22.1 Å². The molecule has 0 atom stereocenters. The van der Waals surface area contributed by atoms with Crippen LogP contribution in [0.2, 0.25) is 0 Å². The van der Waals surface area contributed by atoms with E-state index in [0.717, 1.165) is 21.6 Å². The number of fused-ring (bicyclic) bond motifs is 1. The van der Waals surface area contributed by atoms with Crippen LogP contribution in [0, 0.1) is 0 Å². The smallest absolute Gasteiger partial charge is 0.213 e. The Bertz CT molecular complexity index is 1000. The van der Waals surface area contributed by atoms with Crippen molar-refractivity contribution in [3.05, 3.63) is 66.6 Å². The molecule has 1 aromatic carbocycles. The number of thiophene rings is 1. The molecular weight excluding hydrogens is 332 g/mol. The van der Waals surface area contributed by atoms with Crippen molar-refractivity contribution in [1.82, 2.24) is 15.0 Å². The first-order chi connectivity index (χ1) is 12.3. The number of nitrogens with one attached hydrogen (secondary N) is 1. The van der Waals surface area contributed by atoms with E-state index in [1.165, 1.54) is 10.4 Å². The summed E-state index contributed by atoms with van der Waals surface area (Å²) in [4.78, 5) is 15.1. The predicted octanol–water partition coefficient (Wildman–Crippen LogP) is 4.37. The second-order valence-electron chi connectivity index (χ2n) is 5.48. The van der Waals surface area contributed by atoms with Crippen molar-refractivity contribution >= 4 is 27.4 Å². The van der Waals surface area contributed by atoms with Crippen molar-refractivity contribution in [2.24, 2.45) is 0 Å². The minimum Gasteiger partial charge on any atom is -0.481 e. The highest BCUT2D eigenvalue weighted by Gasteiger charge is 2.10. The molecule has 0 radical (unpaired) electrons. The summed E-state index contributed by atoms with van der Waals surface area (Å²) in [6.07, 6.45) is 3.34. The third-order valence-electron chi connectivity index (χ3n) is 3.86. The van der Waals surface area contributed by atoms with Crippen LogP contribution in [0.5, 0.6) is 5.88 Å². The van der Waals surface area contributed by atoms with Gasteiger partial charge in [-0.1, -0.05) is 30.3 Å². The van der Waals surface area contributed by atoms with E-state index in [9.17, 15) is 0 Å². The number of methoxy groups -OCH3 is 1. The molecule has 6 heteroatoms. The van der Waals surface area contributed by atoms with E-state index >= 15 is 0 Å². The number of benzene rings is 1. The highest BCUT2D eigenvalue weighted by Crippen LogP contribution is 2.34. The molecule has 0 aliphatic heterocycles. The molecule has 0 saturated carbocycles. The molecule has 0 aliphatic rings. The van der Waals surface area contributed by atoms with Gasteiger partial charge < -0.3 is 10.1 Å². The van der Waals surface area contributed by atoms with Gasteiger partial charge in [0.05, 0.1) is 12.5 Å². The fraction of sp³-hybridized carbons (Fsp3) is 0.105. The van der Waals surface area contributed by atoms with Crippen LogP contribution in [-0.2, 0) is 6.54 Å². The minimum atomic E-state index is 0.606. The van der Waals surface area contributed by atoms with Crippen LogP contribution in [0.3, 0.4) is 0 Å². The Morgan fingerprint density at radius 1 is 1.04 bits per heavy atom. The summed E-state index contributed by atoms with van der Waals surface area (Å²) in [5.41, 5.74) is 2.27. The lowest BCUT2D eigenvalue weighted by Gasteiger charge is -2.07. The van der Waals surface area contributed by atoms with Crippen molar-refractivity contribution < 1.29 is 4.74 Å². The van der Waals surface area contributed by atoms with Gasteiger partial charge in [-0.2, -0.15) is 0 Å². The largest absolute Gasteiger partial charge is 0.481 e. The minimum absolute atomic E-state index is 0.606. The number of anilines is 1. The van der Waals surface area contributed by atoms with E-state index < -0.39 is 0 Å². The number of ether oxygens (including phenoxy) is 1. The third-order valence-corrected chi connectivity index (χ3v) is 4.95. The predicted molar refractivity (Wildman–Crippen MR) is 101 cm³/mol. The summed E-state index contributed by atoms with van der Waals surface area (Å²) in [6.45, 7) is 0.640. The van der Waals surface area contributed by atoms with Crippen LogP contribution < -0.4 is 10.1 Å². The zero-order valence-electron chi connectivity index (χ0n) is 13.6. The van der Waals surface area contributed by atoms with Gasteiger partial charge in [-0.15, -0.1) is 11.3 Å². The lowest BCUT2D eigenvalue weighted by Crippen LogP contribution is -2.02. The molecule has 0 aliphatic carbocycles. The van der Waals surface area contributed by atoms with E-state index in [4.69, 9.17) is 4.74 Å². The van der Waals surface area contributed by atoms with Crippen molar-refractivity contribution in [3.63, 3.8) is 0 Å². The first kappa shape index (κ1) is 15.5. The molecule has 3 heterocycles. The van der Waals surface area contributed by atoms with Gasteiger partial charge in [0.2, 0.25) is 5.88 Å². The molecule has 5 nitrogen and oxygen atoms in total. The molecule has 0 bridgehead atoms. The van der Waals surface area contributed by atoms with E-state index in [1.54, 1.807) is 31.0 Å². The number of hydrogen-bond acceptors (Lipinski definition) is 6. The number of aromatic nitrogens is 3. The van der Waals surface area contributed by atoms with E-state index in [0.29, 0.717) is 12.4 Å². The lowest BCUT2D eigenvalue weighted by molar-refractivity contribution is 0.397. The Labute approximate surface area is 149 Å². The molecule has 1 N–H and O–H groups in total. The van der Waals surface area contributed by atoms with Crippen LogP contribution in [0.15, 0.2) is 61.1 Å². The maximum absolute atomic E-state index is 5.17. The Kier molecular flexibility index (Phi) is 4.26. The number of hydrogen-bond donors (Lipinski definition) is 1. The van der Waals surface area contributed by atoms with Crippen molar-refractivity contribution in [1.29, 1.82) is 0 Å². The third kappa shape index (κ3) is 3.29. The molecular formula is C19H16N4OS. The molecule has 0 unspecified atom stereocenters. The first-order valence-corrected chi connectivity index (χ1v) is 8.68. The number of pyridine rings is 1. The van der Waals surface area contributed by atoms with Crippen LogP contribution in [0.1, 0.15) is 5.56 Å². The number of rotatable bonds is 5. The molecule has 0 spiro atoms. The van der Waals surface area contributed by atoms with Crippen molar-refractivity contribution in [3.8, 4) is 16.3 Å². The van der Waals surface area contributed by atoms with E-state index in [-0.39, 0.29) is 0 Å². The fourth-order valence-electron chi connectivity index (χ4n) is 2.60. The summed E-state index contributed by atoms with van der Waals surface area (Å²) in [6, 6.07) is 16.3. The molecule has 4 aromatic rings. The van der Waals surface area contributed by atoms with Crippen LogP contribution in [0.25, 0.3) is 20.7 Å². The molecule has 0 amide bonds. The highest BCUT2D eigenvalue weighted by atomic mass is 32.1.